The molecule has 1 fully saturated rings. The molecule has 2 amide bonds. The fourth-order valence-electron chi connectivity index (χ4n) is 3.58. The SMILES string of the molecule is O=C(Nc1ccc(Cl)cc1F)NC1CCN(c2ccnc3ccc(F)cc23)CC1. The highest BCUT2D eigenvalue weighted by Crippen LogP contribution is 2.28. The first-order valence-electron chi connectivity index (χ1n) is 9.31. The Bertz CT molecular complexity index is 1050. The summed E-state index contributed by atoms with van der Waals surface area (Å²) in [6.45, 7) is 1.41. The van der Waals surface area contributed by atoms with Crippen LogP contribution in [0.4, 0.5) is 25.0 Å². The van der Waals surface area contributed by atoms with E-state index >= 15 is 0 Å². The molecule has 8 heteroatoms. The van der Waals surface area contributed by atoms with E-state index < -0.39 is 11.8 Å². The standard InChI is InChI=1S/C21H19ClF2N4O/c22-13-1-3-19(17(24)11-13)27-21(29)26-15-6-9-28(10-7-15)20-5-8-25-18-4-2-14(23)12-16(18)20/h1-5,8,11-12,15H,6-7,9-10H2,(H2,26,27,29). The largest absolute Gasteiger partial charge is 0.371 e. The van der Waals surface area contributed by atoms with Crippen LogP contribution in [0.1, 0.15) is 12.8 Å². The number of benzene rings is 2. The molecule has 0 bridgehead atoms. The predicted molar refractivity (Wildman–Crippen MR) is 111 cm³/mol. The summed E-state index contributed by atoms with van der Waals surface area (Å²) < 4.78 is 27.5. The van der Waals surface area contributed by atoms with Gasteiger partial charge in [-0.2, -0.15) is 0 Å². The Kier molecular flexibility index (Phi) is 5.49. The third kappa shape index (κ3) is 4.40. The summed E-state index contributed by atoms with van der Waals surface area (Å²) in [6.07, 6.45) is 3.15. The van der Waals surface area contributed by atoms with Crippen molar-refractivity contribution in [1.29, 1.82) is 0 Å². The summed E-state index contributed by atoms with van der Waals surface area (Å²) in [5.41, 5.74) is 1.75. The number of amides is 2. The van der Waals surface area contributed by atoms with Gasteiger partial charge in [0, 0.05) is 41.4 Å². The van der Waals surface area contributed by atoms with Crippen LogP contribution in [-0.4, -0.2) is 30.1 Å². The lowest BCUT2D eigenvalue weighted by molar-refractivity contribution is 0.246. The Morgan fingerprint density at radius 1 is 1.10 bits per heavy atom. The summed E-state index contributed by atoms with van der Waals surface area (Å²) >= 11 is 5.72. The van der Waals surface area contributed by atoms with E-state index in [9.17, 15) is 13.6 Å². The highest BCUT2D eigenvalue weighted by atomic mass is 35.5. The van der Waals surface area contributed by atoms with E-state index in [1.807, 2.05) is 6.07 Å². The third-order valence-corrected chi connectivity index (χ3v) is 5.27. The van der Waals surface area contributed by atoms with Crippen LogP contribution in [0.5, 0.6) is 0 Å². The van der Waals surface area contributed by atoms with Gasteiger partial charge < -0.3 is 15.5 Å². The van der Waals surface area contributed by atoms with Gasteiger partial charge in [0.05, 0.1) is 11.2 Å². The fraction of sp³-hybridized carbons (Fsp3) is 0.238. The second kappa shape index (κ2) is 8.21. The lowest BCUT2D eigenvalue weighted by Gasteiger charge is -2.34. The summed E-state index contributed by atoms with van der Waals surface area (Å²) in [5.74, 6) is -0.881. The lowest BCUT2D eigenvalue weighted by Crippen LogP contribution is -2.46. The quantitative estimate of drug-likeness (QED) is 0.634. The second-order valence-electron chi connectivity index (χ2n) is 6.98. The van der Waals surface area contributed by atoms with Gasteiger partial charge >= 0.3 is 6.03 Å². The fourth-order valence-corrected chi connectivity index (χ4v) is 3.74. The molecule has 3 aromatic rings. The van der Waals surface area contributed by atoms with Gasteiger partial charge in [0.25, 0.3) is 0 Å². The van der Waals surface area contributed by atoms with Gasteiger partial charge in [-0.3, -0.25) is 4.98 Å². The molecule has 0 saturated carbocycles. The van der Waals surface area contributed by atoms with E-state index in [2.05, 4.69) is 20.5 Å². The van der Waals surface area contributed by atoms with Gasteiger partial charge in [-0.05, 0) is 55.3 Å². The molecule has 150 valence electrons. The smallest absolute Gasteiger partial charge is 0.319 e. The number of hydrogen-bond donors (Lipinski definition) is 2. The zero-order chi connectivity index (χ0) is 20.4. The minimum absolute atomic E-state index is 0.0357. The number of piperidine rings is 1. The molecule has 0 radical (unpaired) electrons. The molecule has 1 aliphatic rings. The van der Waals surface area contributed by atoms with Gasteiger partial charge in [-0.15, -0.1) is 0 Å². The van der Waals surface area contributed by atoms with E-state index in [0.717, 1.165) is 35.5 Å². The topological polar surface area (TPSA) is 57.3 Å². The number of pyridine rings is 1. The Labute approximate surface area is 171 Å². The summed E-state index contributed by atoms with van der Waals surface area (Å²) in [6, 6.07) is 10.0. The van der Waals surface area contributed by atoms with Crippen LogP contribution in [0.3, 0.4) is 0 Å². The van der Waals surface area contributed by atoms with Crippen LogP contribution >= 0.6 is 11.6 Å². The molecule has 1 saturated heterocycles. The monoisotopic (exact) mass is 416 g/mol. The Morgan fingerprint density at radius 3 is 2.66 bits per heavy atom. The highest BCUT2D eigenvalue weighted by Gasteiger charge is 2.22. The van der Waals surface area contributed by atoms with Crippen LogP contribution in [0.2, 0.25) is 5.02 Å². The minimum atomic E-state index is -0.584. The number of rotatable bonds is 3. The zero-order valence-corrected chi connectivity index (χ0v) is 16.2. The van der Waals surface area contributed by atoms with Gasteiger partial charge in [-0.1, -0.05) is 11.6 Å². The van der Waals surface area contributed by atoms with E-state index in [-0.39, 0.29) is 22.6 Å². The number of nitrogens with one attached hydrogen (secondary N) is 2. The highest BCUT2D eigenvalue weighted by molar-refractivity contribution is 6.30. The zero-order valence-electron chi connectivity index (χ0n) is 15.5. The molecule has 29 heavy (non-hydrogen) atoms. The van der Waals surface area contributed by atoms with Crippen LogP contribution in [0.25, 0.3) is 10.9 Å². The normalized spacial score (nSPS) is 14.8. The number of urea groups is 1. The number of anilines is 2. The average Bonchev–Trinajstić information content (AvgIpc) is 2.70. The van der Waals surface area contributed by atoms with Gasteiger partial charge in [-0.25, -0.2) is 13.6 Å². The molecule has 0 aliphatic carbocycles. The molecule has 0 atom stereocenters. The first kappa shape index (κ1) is 19.4. The number of nitrogens with zero attached hydrogens (tertiary/aromatic N) is 2. The van der Waals surface area contributed by atoms with Crippen molar-refractivity contribution in [2.24, 2.45) is 0 Å². The third-order valence-electron chi connectivity index (χ3n) is 5.03. The van der Waals surface area contributed by atoms with Gasteiger partial charge in [0.1, 0.15) is 11.6 Å². The van der Waals surface area contributed by atoms with Crippen molar-refractivity contribution in [3.63, 3.8) is 0 Å². The number of aromatic nitrogens is 1. The average molecular weight is 417 g/mol. The first-order valence-corrected chi connectivity index (χ1v) is 9.69. The van der Waals surface area contributed by atoms with Crippen molar-refractivity contribution in [2.45, 2.75) is 18.9 Å². The van der Waals surface area contributed by atoms with Crippen molar-refractivity contribution in [3.8, 4) is 0 Å². The van der Waals surface area contributed by atoms with E-state index in [1.54, 1.807) is 12.3 Å². The molecular formula is C21H19ClF2N4O. The molecule has 2 aromatic carbocycles. The molecule has 4 rings (SSSR count). The van der Waals surface area contributed by atoms with Crippen molar-refractivity contribution in [1.82, 2.24) is 10.3 Å². The molecule has 0 spiro atoms. The molecule has 2 heterocycles. The summed E-state index contributed by atoms with van der Waals surface area (Å²) in [4.78, 5) is 18.6. The molecule has 1 aromatic heterocycles. The molecule has 2 N–H and O–H groups in total. The van der Waals surface area contributed by atoms with Crippen LogP contribution < -0.4 is 15.5 Å². The maximum atomic E-state index is 13.8. The number of carbonyl (C=O) groups excluding carboxylic acids is 1. The van der Waals surface area contributed by atoms with Crippen molar-refractivity contribution in [3.05, 3.63) is 65.3 Å². The molecule has 1 aliphatic heterocycles. The van der Waals surface area contributed by atoms with E-state index in [0.29, 0.717) is 13.1 Å². The minimum Gasteiger partial charge on any atom is -0.371 e. The van der Waals surface area contributed by atoms with E-state index in [4.69, 9.17) is 11.6 Å². The second-order valence-corrected chi connectivity index (χ2v) is 7.41. The summed E-state index contributed by atoms with van der Waals surface area (Å²) in [7, 11) is 0. The van der Waals surface area contributed by atoms with Crippen molar-refractivity contribution >= 4 is 39.9 Å². The number of hydrogen-bond acceptors (Lipinski definition) is 3. The van der Waals surface area contributed by atoms with Crippen molar-refractivity contribution in [2.75, 3.05) is 23.3 Å². The maximum absolute atomic E-state index is 13.8. The number of carbonyl (C=O) groups is 1. The van der Waals surface area contributed by atoms with Crippen LogP contribution in [-0.2, 0) is 0 Å². The Morgan fingerprint density at radius 2 is 1.90 bits per heavy atom. The number of fused-ring (bicyclic) bond motifs is 1. The Hall–Kier alpha value is -2.93. The van der Waals surface area contributed by atoms with E-state index in [1.165, 1.54) is 24.3 Å². The predicted octanol–water partition coefficient (Wildman–Crippen LogP) is 4.96. The molecular weight excluding hydrogens is 398 g/mol. The van der Waals surface area contributed by atoms with Crippen LogP contribution in [0, 0.1) is 11.6 Å². The summed E-state index contributed by atoms with van der Waals surface area (Å²) in [5, 5.41) is 6.43. The van der Waals surface area contributed by atoms with Gasteiger partial charge in [0.15, 0.2) is 0 Å². The van der Waals surface area contributed by atoms with Gasteiger partial charge in [0.2, 0.25) is 0 Å². The lowest BCUT2D eigenvalue weighted by atomic mass is 10.0. The molecule has 5 nitrogen and oxygen atoms in total. The van der Waals surface area contributed by atoms with Crippen LogP contribution in [0.15, 0.2) is 48.7 Å². The van der Waals surface area contributed by atoms with Crippen molar-refractivity contribution < 1.29 is 13.6 Å². The Balaban J connectivity index is 1.37. The maximum Gasteiger partial charge on any atom is 0.319 e. The molecule has 0 unspecified atom stereocenters. The number of halogens is 3. The first-order chi connectivity index (χ1) is 14.0.